The van der Waals surface area contributed by atoms with E-state index < -0.39 is 40.8 Å². The second-order valence-corrected chi connectivity index (χ2v) is 6.00. The van der Waals surface area contributed by atoms with Crippen LogP contribution in [0.3, 0.4) is 0 Å². The van der Waals surface area contributed by atoms with E-state index in [-0.39, 0.29) is 19.9 Å². The summed E-state index contributed by atoms with van der Waals surface area (Å²) in [6, 6.07) is 2.16. The van der Waals surface area contributed by atoms with E-state index in [1.54, 1.807) is 13.8 Å². The van der Waals surface area contributed by atoms with E-state index in [4.69, 9.17) is 11.6 Å². The van der Waals surface area contributed by atoms with Crippen molar-refractivity contribution in [2.75, 3.05) is 0 Å². The summed E-state index contributed by atoms with van der Waals surface area (Å²) < 4.78 is 40.7. The Labute approximate surface area is 155 Å². The van der Waals surface area contributed by atoms with Crippen molar-refractivity contribution in [1.29, 1.82) is 0 Å². The van der Waals surface area contributed by atoms with Crippen LogP contribution in [0.2, 0.25) is 5.02 Å². The molecule has 11 heteroatoms. The molecule has 2 aromatic rings. The number of carbonyl (C=O) groups excluding carboxylic acids is 1. The summed E-state index contributed by atoms with van der Waals surface area (Å²) in [7, 11) is 0. The molecular formula is C16H13ClF3N3O4. The number of nitrogens with zero attached hydrogens (tertiary/aromatic N) is 3. The zero-order chi connectivity index (χ0) is 20.5. The quantitative estimate of drug-likeness (QED) is 0.446. The highest BCUT2D eigenvalue weighted by Gasteiger charge is 2.22. The SMILES string of the molecule is CC(C)=NOC(=O)c1cc(-n2c(=O)cc(C)n(C(F)F)c2=O)c(F)cc1Cl. The summed E-state index contributed by atoms with van der Waals surface area (Å²) in [5.41, 5.74) is -3.58. The number of oxime groups is 1. The van der Waals surface area contributed by atoms with E-state index >= 15 is 0 Å². The van der Waals surface area contributed by atoms with Gasteiger partial charge in [-0.3, -0.25) is 4.79 Å². The van der Waals surface area contributed by atoms with Gasteiger partial charge in [0.1, 0.15) is 5.82 Å². The van der Waals surface area contributed by atoms with Crippen LogP contribution >= 0.6 is 11.6 Å². The largest absolute Gasteiger partial charge is 0.367 e. The molecule has 0 fully saturated rings. The fourth-order valence-corrected chi connectivity index (χ4v) is 2.40. The van der Waals surface area contributed by atoms with E-state index in [9.17, 15) is 27.6 Å². The number of carbonyl (C=O) groups is 1. The van der Waals surface area contributed by atoms with Crippen LogP contribution in [0.1, 0.15) is 36.4 Å². The van der Waals surface area contributed by atoms with Crippen molar-refractivity contribution in [3.8, 4) is 5.69 Å². The number of hydrogen-bond donors (Lipinski definition) is 0. The molecule has 0 radical (unpaired) electrons. The van der Waals surface area contributed by atoms with Crippen molar-refractivity contribution in [2.24, 2.45) is 5.16 Å². The molecule has 7 nitrogen and oxygen atoms in total. The normalized spacial score (nSPS) is 10.8. The Balaban J connectivity index is 2.74. The molecule has 1 heterocycles. The Bertz CT molecular complexity index is 1060. The number of benzene rings is 1. The first-order chi connectivity index (χ1) is 12.5. The summed E-state index contributed by atoms with van der Waals surface area (Å²) in [4.78, 5) is 41.1. The fourth-order valence-electron chi connectivity index (χ4n) is 2.17. The van der Waals surface area contributed by atoms with Crippen LogP contribution in [0.5, 0.6) is 0 Å². The Morgan fingerprint density at radius 3 is 2.41 bits per heavy atom. The van der Waals surface area contributed by atoms with Crippen LogP contribution in [0.4, 0.5) is 13.2 Å². The van der Waals surface area contributed by atoms with Gasteiger partial charge in [0.15, 0.2) is 0 Å². The van der Waals surface area contributed by atoms with Gasteiger partial charge in [0.25, 0.3) is 5.56 Å². The maximum absolute atomic E-state index is 14.3. The predicted octanol–water partition coefficient (Wildman–Crippen LogP) is 3.05. The topological polar surface area (TPSA) is 82.7 Å². The number of alkyl halides is 2. The number of aromatic nitrogens is 2. The Kier molecular flexibility index (Phi) is 5.89. The Morgan fingerprint density at radius 2 is 1.85 bits per heavy atom. The lowest BCUT2D eigenvalue weighted by molar-refractivity contribution is 0.0515. The minimum absolute atomic E-state index is 0.0121. The molecule has 0 bridgehead atoms. The zero-order valence-corrected chi connectivity index (χ0v) is 15.1. The van der Waals surface area contributed by atoms with Crippen molar-refractivity contribution >= 4 is 23.3 Å². The molecule has 0 saturated carbocycles. The monoisotopic (exact) mass is 403 g/mol. The molecule has 1 aromatic heterocycles. The van der Waals surface area contributed by atoms with Gasteiger partial charge in [0, 0.05) is 11.8 Å². The van der Waals surface area contributed by atoms with Crippen LogP contribution in [0.25, 0.3) is 5.69 Å². The highest BCUT2D eigenvalue weighted by atomic mass is 35.5. The third kappa shape index (κ3) is 4.11. The van der Waals surface area contributed by atoms with Crippen LogP contribution in [0, 0.1) is 12.7 Å². The summed E-state index contributed by atoms with van der Waals surface area (Å²) in [5.74, 6) is -2.26. The molecule has 144 valence electrons. The number of rotatable bonds is 4. The van der Waals surface area contributed by atoms with Crippen LogP contribution < -0.4 is 11.2 Å². The highest BCUT2D eigenvalue weighted by molar-refractivity contribution is 6.33. The first kappa shape index (κ1) is 20.4. The molecule has 0 aliphatic rings. The van der Waals surface area contributed by atoms with Gasteiger partial charge < -0.3 is 4.84 Å². The van der Waals surface area contributed by atoms with E-state index in [1.165, 1.54) is 0 Å². The number of aryl methyl sites for hydroxylation is 1. The van der Waals surface area contributed by atoms with Crippen molar-refractivity contribution < 1.29 is 22.8 Å². The van der Waals surface area contributed by atoms with E-state index in [1.807, 2.05) is 0 Å². The summed E-state index contributed by atoms with van der Waals surface area (Å²) >= 11 is 5.81. The van der Waals surface area contributed by atoms with Gasteiger partial charge in [-0.15, -0.1) is 0 Å². The first-order valence-electron chi connectivity index (χ1n) is 7.40. The van der Waals surface area contributed by atoms with Crippen molar-refractivity contribution in [3.05, 3.63) is 61.1 Å². The van der Waals surface area contributed by atoms with E-state index in [0.717, 1.165) is 19.1 Å². The average Bonchev–Trinajstić information content (AvgIpc) is 2.53. The van der Waals surface area contributed by atoms with Crippen LogP contribution in [-0.4, -0.2) is 20.8 Å². The van der Waals surface area contributed by atoms with E-state index in [0.29, 0.717) is 11.8 Å². The van der Waals surface area contributed by atoms with Crippen molar-refractivity contribution in [3.63, 3.8) is 0 Å². The van der Waals surface area contributed by atoms with Crippen LogP contribution in [0.15, 0.2) is 32.9 Å². The lowest BCUT2D eigenvalue weighted by Gasteiger charge is -2.13. The molecule has 0 saturated heterocycles. The minimum Gasteiger partial charge on any atom is -0.313 e. The molecule has 27 heavy (non-hydrogen) atoms. The van der Waals surface area contributed by atoms with Gasteiger partial charge in [-0.25, -0.2) is 23.1 Å². The maximum atomic E-state index is 14.3. The molecule has 0 aliphatic heterocycles. The smallest absolute Gasteiger partial charge is 0.313 e. The molecule has 0 unspecified atom stereocenters. The fraction of sp³-hybridized carbons (Fsp3) is 0.250. The maximum Gasteiger partial charge on any atom is 0.367 e. The zero-order valence-electron chi connectivity index (χ0n) is 14.3. The van der Waals surface area contributed by atoms with Gasteiger partial charge in [-0.1, -0.05) is 16.8 Å². The molecule has 2 rings (SSSR count). The van der Waals surface area contributed by atoms with Crippen molar-refractivity contribution in [2.45, 2.75) is 27.3 Å². The minimum atomic E-state index is -3.26. The summed E-state index contributed by atoms with van der Waals surface area (Å²) in [6.45, 7) is 0.963. The Hall–Kier alpha value is -2.88. The second kappa shape index (κ2) is 7.78. The third-order valence-corrected chi connectivity index (χ3v) is 3.65. The van der Waals surface area contributed by atoms with Crippen LogP contribution in [-0.2, 0) is 4.84 Å². The third-order valence-electron chi connectivity index (χ3n) is 3.33. The molecule has 1 aromatic carbocycles. The highest BCUT2D eigenvalue weighted by Crippen LogP contribution is 2.23. The van der Waals surface area contributed by atoms with Gasteiger partial charge >= 0.3 is 18.2 Å². The van der Waals surface area contributed by atoms with Gasteiger partial charge in [0.05, 0.1) is 22.0 Å². The molecule has 0 spiro atoms. The number of hydrogen-bond acceptors (Lipinski definition) is 5. The standard InChI is InChI=1S/C16H13ClF3N3O4/c1-7(2)21-27-14(25)9-5-12(11(18)6-10(9)17)23-13(24)4-8(3)22(15(19)20)16(23)26/h4-6,15H,1-3H3. The number of halogens is 4. The average molecular weight is 404 g/mol. The summed E-state index contributed by atoms with van der Waals surface area (Å²) in [6.07, 6.45) is 0. The lowest BCUT2D eigenvalue weighted by Crippen LogP contribution is -2.40. The Morgan fingerprint density at radius 1 is 1.22 bits per heavy atom. The lowest BCUT2D eigenvalue weighted by atomic mass is 10.2. The molecule has 0 N–H and O–H groups in total. The van der Waals surface area contributed by atoms with Gasteiger partial charge in [0.2, 0.25) is 0 Å². The van der Waals surface area contributed by atoms with Gasteiger partial charge in [-0.2, -0.15) is 8.78 Å². The molecular weight excluding hydrogens is 391 g/mol. The predicted molar refractivity (Wildman–Crippen MR) is 91.5 cm³/mol. The van der Waals surface area contributed by atoms with E-state index in [2.05, 4.69) is 9.99 Å². The molecule has 0 aliphatic carbocycles. The molecule has 0 amide bonds. The second-order valence-electron chi connectivity index (χ2n) is 5.59. The first-order valence-corrected chi connectivity index (χ1v) is 7.77. The van der Waals surface area contributed by atoms with Crippen molar-refractivity contribution in [1.82, 2.24) is 9.13 Å². The summed E-state index contributed by atoms with van der Waals surface area (Å²) in [5, 5.41) is 3.06. The van der Waals surface area contributed by atoms with Gasteiger partial charge in [-0.05, 0) is 32.9 Å². The molecule has 0 atom stereocenters.